The highest BCUT2D eigenvalue weighted by molar-refractivity contribution is 7.87. The number of benzene rings is 1. The van der Waals surface area contributed by atoms with Crippen LogP contribution < -0.4 is 4.31 Å². The first-order chi connectivity index (χ1) is 9.80. The molecule has 0 amide bonds. The van der Waals surface area contributed by atoms with Crippen LogP contribution in [0.5, 0.6) is 0 Å². The van der Waals surface area contributed by atoms with E-state index in [0.29, 0.717) is 15.6 Å². The van der Waals surface area contributed by atoms with Crippen molar-refractivity contribution in [3.05, 3.63) is 46.9 Å². The summed E-state index contributed by atoms with van der Waals surface area (Å²) in [7, 11) is -4.79. The second kappa shape index (κ2) is 5.76. The van der Waals surface area contributed by atoms with Crippen LogP contribution in [0.4, 0.5) is 9.39 Å². The van der Waals surface area contributed by atoms with Crippen LogP contribution in [0, 0.1) is 5.82 Å². The summed E-state index contributed by atoms with van der Waals surface area (Å²) in [4.78, 5) is 14.5. The quantitative estimate of drug-likeness (QED) is 0.808. The normalized spacial score (nSPS) is 11.3. The van der Waals surface area contributed by atoms with Crippen LogP contribution >= 0.6 is 11.3 Å². The Kier molecular flexibility index (Phi) is 4.21. The molecule has 1 heterocycles. The molecule has 0 bridgehead atoms. The first-order valence-corrected chi connectivity index (χ1v) is 7.73. The van der Waals surface area contributed by atoms with Gasteiger partial charge in [0.1, 0.15) is 10.8 Å². The molecule has 0 aliphatic heterocycles. The van der Waals surface area contributed by atoms with Gasteiger partial charge in [0.05, 0.1) is 12.1 Å². The highest BCUT2D eigenvalue weighted by Crippen LogP contribution is 2.29. The minimum Gasteiger partial charge on any atom is -0.476 e. The molecular weight excluding hydrogens is 323 g/mol. The highest BCUT2D eigenvalue weighted by Gasteiger charge is 2.28. The van der Waals surface area contributed by atoms with E-state index in [9.17, 15) is 22.2 Å². The molecular formula is C11H9FN2O5S2. The number of carbonyl (C=O) groups is 1. The molecule has 0 spiro atoms. The molecule has 0 saturated carbocycles. The number of rotatable bonds is 5. The molecule has 0 radical (unpaired) electrons. The number of anilines is 1. The fraction of sp³-hybridized carbons (Fsp3) is 0.0909. The second-order valence-corrected chi connectivity index (χ2v) is 6.06. The van der Waals surface area contributed by atoms with Crippen molar-refractivity contribution in [2.75, 3.05) is 4.31 Å². The summed E-state index contributed by atoms with van der Waals surface area (Å²) < 4.78 is 46.2. The molecule has 0 unspecified atom stereocenters. The van der Waals surface area contributed by atoms with Crippen LogP contribution in [-0.2, 0) is 16.8 Å². The smallest absolute Gasteiger partial charge is 0.360 e. The fourth-order valence-corrected chi connectivity index (χ4v) is 3.30. The molecule has 1 aromatic heterocycles. The van der Waals surface area contributed by atoms with E-state index in [1.54, 1.807) is 0 Å². The Balaban J connectivity index is 2.48. The summed E-state index contributed by atoms with van der Waals surface area (Å²) in [5.41, 5.74) is 0.576. The molecule has 21 heavy (non-hydrogen) atoms. The van der Waals surface area contributed by atoms with Gasteiger partial charge in [0.25, 0.3) is 0 Å². The van der Waals surface area contributed by atoms with Crippen LogP contribution in [0.2, 0.25) is 0 Å². The molecule has 2 aromatic rings. The number of carboxylic acid groups (broad SMARTS) is 1. The molecule has 0 fully saturated rings. The lowest BCUT2D eigenvalue weighted by Crippen LogP contribution is -2.30. The number of aromatic carboxylic acids is 1. The predicted molar refractivity (Wildman–Crippen MR) is 73.2 cm³/mol. The Morgan fingerprint density at radius 1 is 1.38 bits per heavy atom. The number of nitrogens with zero attached hydrogens (tertiary/aromatic N) is 2. The first-order valence-electron chi connectivity index (χ1n) is 5.46. The summed E-state index contributed by atoms with van der Waals surface area (Å²) in [5, 5.41) is 8.66. The van der Waals surface area contributed by atoms with Gasteiger partial charge in [0.15, 0.2) is 5.69 Å². The van der Waals surface area contributed by atoms with E-state index in [-0.39, 0.29) is 10.6 Å². The van der Waals surface area contributed by atoms with Crippen molar-refractivity contribution in [1.29, 1.82) is 0 Å². The summed E-state index contributed by atoms with van der Waals surface area (Å²) >= 11 is 0.710. The standard InChI is InChI=1S/C11H9FN2O5S2/c12-8-4-2-1-3-7(8)5-14(21(17,18)19)10-9(11(15)16)13-6-20-10/h1-4,6H,5H2,(H,15,16)(H,17,18,19). The van der Waals surface area contributed by atoms with Gasteiger partial charge < -0.3 is 5.11 Å². The van der Waals surface area contributed by atoms with Crippen LogP contribution in [0.3, 0.4) is 0 Å². The van der Waals surface area contributed by atoms with Crippen LogP contribution in [0.15, 0.2) is 29.8 Å². The zero-order valence-corrected chi connectivity index (χ0v) is 11.9. The molecule has 2 rings (SSSR count). The average Bonchev–Trinajstić information content (AvgIpc) is 2.85. The number of thiazole rings is 1. The van der Waals surface area contributed by atoms with Crippen LogP contribution in [-0.4, -0.2) is 29.0 Å². The van der Waals surface area contributed by atoms with Gasteiger partial charge in [0.2, 0.25) is 0 Å². The lowest BCUT2D eigenvalue weighted by molar-refractivity contribution is 0.0692. The average molecular weight is 332 g/mol. The van der Waals surface area contributed by atoms with Gasteiger partial charge in [-0.15, -0.1) is 11.3 Å². The van der Waals surface area contributed by atoms with E-state index in [2.05, 4.69) is 4.98 Å². The second-order valence-electron chi connectivity index (χ2n) is 3.89. The molecule has 2 N–H and O–H groups in total. The Hall–Kier alpha value is -2.04. The molecule has 112 valence electrons. The first kappa shape index (κ1) is 15.4. The molecule has 0 aliphatic rings. The van der Waals surface area contributed by atoms with E-state index in [1.165, 1.54) is 18.2 Å². The largest absolute Gasteiger partial charge is 0.476 e. The summed E-state index contributed by atoms with van der Waals surface area (Å²) in [5.74, 6) is -2.12. The van der Waals surface area contributed by atoms with Gasteiger partial charge in [-0.3, -0.25) is 4.55 Å². The maximum atomic E-state index is 13.6. The van der Waals surface area contributed by atoms with E-state index in [0.717, 1.165) is 11.6 Å². The van der Waals surface area contributed by atoms with E-state index in [4.69, 9.17) is 5.11 Å². The van der Waals surface area contributed by atoms with Gasteiger partial charge in [0, 0.05) is 5.56 Å². The summed E-state index contributed by atoms with van der Waals surface area (Å²) in [6, 6.07) is 5.37. The van der Waals surface area contributed by atoms with Gasteiger partial charge in [-0.25, -0.2) is 18.5 Å². The number of aromatic nitrogens is 1. The number of halogens is 1. The van der Waals surface area contributed by atoms with Crippen LogP contribution in [0.25, 0.3) is 0 Å². The maximum Gasteiger partial charge on any atom is 0.360 e. The molecule has 7 nitrogen and oxygen atoms in total. The molecule has 0 aliphatic carbocycles. The Bertz CT molecular complexity index is 774. The van der Waals surface area contributed by atoms with Gasteiger partial charge in [-0.2, -0.15) is 8.42 Å². The van der Waals surface area contributed by atoms with Crippen molar-refractivity contribution in [2.24, 2.45) is 0 Å². The lowest BCUT2D eigenvalue weighted by Gasteiger charge is -2.19. The lowest BCUT2D eigenvalue weighted by atomic mass is 10.2. The van der Waals surface area contributed by atoms with E-state index < -0.39 is 34.3 Å². The molecule has 10 heteroatoms. The SMILES string of the molecule is O=C(O)c1ncsc1N(Cc1ccccc1F)S(=O)(=O)O. The highest BCUT2D eigenvalue weighted by atomic mass is 32.2. The van der Waals surface area contributed by atoms with E-state index >= 15 is 0 Å². The van der Waals surface area contributed by atoms with Crippen molar-refractivity contribution < 1.29 is 27.3 Å². The Labute approximate surface area is 123 Å². The van der Waals surface area contributed by atoms with Gasteiger partial charge >= 0.3 is 16.3 Å². The minimum atomic E-state index is -4.79. The molecule has 0 saturated heterocycles. The van der Waals surface area contributed by atoms with Crippen molar-refractivity contribution >= 4 is 32.6 Å². The zero-order valence-electron chi connectivity index (χ0n) is 10.3. The fourth-order valence-electron chi connectivity index (χ4n) is 1.60. The monoisotopic (exact) mass is 332 g/mol. The number of hydrogen-bond acceptors (Lipinski definition) is 5. The van der Waals surface area contributed by atoms with Crippen molar-refractivity contribution in [3.8, 4) is 0 Å². The third-order valence-electron chi connectivity index (χ3n) is 2.53. The third-order valence-corrected chi connectivity index (χ3v) is 4.36. The summed E-state index contributed by atoms with van der Waals surface area (Å²) in [6.07, 6.45) is 0. The summed E-state index contributed by atoms with van der Waals surface area (Å²) in [6.45, 7) is -0.548. The van der Waals surface area contributed by atoms with Crippen molar-refractivity contribution in [1.82, 2.24) is 4.98 Å². The van der Waals surface area contributed by atoms with Crippen molar-refractivity contribution in [2.45, 2.75) is 6.54 Å². The molecule has 1 aromatic carbocycles. The molecule has 0 atom stereocenters. The predicted octanol–water partition coefficient (Wildman–Crippen LogP) is 1.79. The Morgan fingerprint density at radius 3 is 2.62 bits per heavy atom. The van der Waals surface area contributed by atoms with Gasteiger partial charge in [-0.1, -0.05) is 18.2 Å². The van der Waals surface area contributed by atoms with Gasteiger partial charge in [-0.05, 0) is 6.07 Å². The Morgan fingerprint density at radius 2 is 2.05 bits per heavy atom. The number of carboxylic acids is 1. The third kappa shape index (κ3) is 3.35. The zero-order chi connectivity index (χ0) is 15.6. The van der Waals surface area contributed by atoms with E-state index in [1.807, 2.05) is 0 Å². The van der Waals surface area contributed by atoms with Crippen LogP contribution in [0.1, 0.15) is 16.1 Å². The topological polar surface area (TPSA) is 108 Å². The minimum absolute atomic E-state index is 0.0140. The number of hydrogen-bond donors (Lipinski definition) is 2. The maximum absolute atomic E-state index is 13.6. The van der Waals surface area contributed by atoms with Crippen molar-refractivity contribution in [3.63, 3.8) is 0 Å².